The van der Waals surface area contributed by atoms with Crippen molar-refractivity contribution in [3.05, 3.63) is 0 Å². The molecule has 0 spiro atoms. The number of carbonyl (C=O) groups excluding carboxylic acids is 2. The zero-order chi connectivity index (χ0) is 10.1. The summed E-state index contributed by atoms with van der Waals surface area (Å²) >= 11 is 0. The second kappa shape index (κ2) is 3.33. The summed E-state index contributed by atoms with van der Waals surface area (Å²) in [5, 5.41) is 5.02. The lowest BCUT2D eigenvalue weighted by molar-refractivity contribution is -0.119. The Bertz CT molecular complexity index is 238. The zero-order valence-corrected chi connectivity index (χ0v) is 7.89. The number of primary amides is 1. The van der Waals surface area contributed by atoms with Gasteiger partial charge in [-0.3, -0.25) is 10.1 Å². The summed E-state index contributed by atoms with van der Waals surface area (Å²) in [6, 6.07) is -0.423. The van der Waals surface area contributed by atoms with E-state index in [4.69, 9.17) is 5.73 Å². The van der Waals surface area contributed by atoms with Gasteiger partial charge in [-0.25, -0.2) is 4.79 Å². The monoisotopic (exact) mass is 185 g/mol. The van der Waals surface area contributed by atoms with Crippen molar-refractivity contribution in [1.82, 2.24) is 10.6 Å². The second-order valence-electron chi connectivity index (χ2n) is 4.04. The van der Waals surface area contributed by atoms with Crippen molar-refractivity contribution in [1.29, 1.82) is 0 Å². The van der Waals surface area contributed by atoms with Crippen LogP contribution in [0.5, 0.6) is 0 Å². The van der Waals surface area contributed by atoms with E-state index in [9.17, 15) is 9.59 Å². The number of hydrogen-bond donors (Lipinski definition) is 3. The van der Waals surface area contributed by atoms with Crippen molar-refractivity contribution in [2.75, 3.05) is 6.54 Å². The summed E-state index contributed by atoms with van der Waals surface area (Å²) in [5.41, 5.74) is 5.05. The Morgan fingerprint density at radius 1 is 1.54 bits per heavy atom. The van der Waals surface area contributed by atoms with Gasteiger partial charge in [-0.05, 0) is 11.8 Å². The standard InChI is InChI=1S/C8H15N3O2/c1-8(2)3-5(8)10-4-6(12)11-7(9)13/h5,10H,3-4H2,1-2H3,(H3,9,11,12,13). The van der Waals surface area contributed by atoms with Gasteiger partial charge < -0.3 is 11.1 Å². The van der Waals surface area contributed by atoms with Crippen LogP contribution < -0.4 is 16.4 Å². The molecule has 5 nitrogen and oxygen atoms in total. The van der Waals surface area contributed by atoms with Gasteiger partial charge in [0.05, 0.1) is 6.54 Å². The van der Waals surface area contributed by atoms with E-state index in [0.717, 1.165) is 6.42 Å². The molecule has 0 bridgehead atoms. The molecule has 0 heterocycles. The van der Waals surface area contributed by atoms with Crippen LogP contribution in [0.3, 0.4) is 0 Å². The van der Waals surface area contributed by atoms with Crippen molar-refractivity contribution in [2.24, 2.45) is 11.1 Å². The molecule has 0 aromatic rings. The van der Waals surface area contributed by atoms with E-state index in [1.165, 1.54) is 0 Å². The van der Waals surface area contributed by atoms with Crippen LogP contribution in [0.25, 0.3) is 0 Å². The van der Waals surface area contributed by atoms with E-state index >= 15 is 0 Å². The quantitative estimate of drug-likeness (QED) is 0.557. The highest BCUT2D eigenvalue weighted by Gasteiger charge is 2.45. The lowest BCUT2D eigenvalue weighted by atomic mass is 10.2. The molecule has 4 N–H and O–H groups in total. The van der Waals surface area contributed by atoms with E-state index in [2.05, 4.69) is 19.2 Å². The Balaban J connectivity index is 2.13. The third-order valence-electron chi connectivity index (χ3n) is 2.29. The van der Waals surface area contributed by atoms with Gasteiger partial charge in [0, 0.05) is 6.04 Å². The van der Waals surface area contributed by atoms with Gasteiger partial charge >= 0.3 is 6.03 Å². The van der Waals surface area contributed by atoms with Crippen molar-refractivity contribution in [3.63, 3.8) is 0 Å². The van der Waals surface area contributed by atoms with Gasteiger partial charge in [-0.15, -0.1) is 0 Å². The number of rotatable bonds is 3. The van der Waals surface area contributed by atoms with Crippen LogP contribution in [-0.2, 0) is 4.79 Å². The molecule has 5 heteroatoms. The third-order valence-corrected chi connectivity index (χ3v) is 2.29. The summed E-state index contributed by atoms with van der Waals surface area (Å²) in [4.78, 5) is 21.2. The Morgan fingerprint density at radius 2 is 2.08 bits per heavy atom. The van der Waals surface area contributed by atoms with E-state index < -0.39 is 6.03 Å². The fraction of sp³-hybridized carbons (Fsp3) is 0.750. The first-order chi connectivity index (χ1) is 5.92. The maximum Gasteiger partial charge on any atom is 0.318 e. The molecule has 1 aliphatic rings. The molecular formula is C8H15N3O2. The predicted molar refractivity (Wildman–Crippen MR) is 47.9 cm³/mol. The Hall–Kier alpha value is -1.10. The molecular weight excluding hydrogens is 170 g/mol. The SMILES string of the molecule is CC1(C)CC1NCC(=O)NC(N)=O. The molecule has 0 saturated heterocycles. The van der Waals surface area contributed by atoms with Crippen molar-refractivity contribution < 1.29 is 9.59 Å². The van der Waals surface area contributed by atoms with Crippen LogP contribution in [0.15, 0.2) is 0 Å². The molecule has 1 atom stereocenters. The fourth-order valence-electron chi connectivity index (χ4n) is 1.21. The Labute approximate surface area is 77.1 Å². The second-order valence-corrected chi connectivity index (χ2v) is 4.04. The van der Waals surface area contributed by atoms with Crippen molar-refractivity contribution >= 4 is 11.9 Å². The molecule has 74 valence electrons. The fourth-order valence-corrected chi connectivity index (χ4v) is 1.21. The first kappa shape index (κ1) is 9.98. The van der Waals surface area contributed by atoms with Crippen LogP contribution in [0, 0.1) is 5.41 Å². The summed E-state index contributed by atoms with van der Waals surface area (Å²) in [6.07, 6.45) is 1.07. The Morgan fingerprint density at radius 3 is 2.46 bits per heavy atom. The predicted octanol–water partition coefficient (Wildman–Crippen LogP) is -0.431. The van der Waals surface area contributed by atoms with Crippen LogP contribution in [0.4, 0.5) is 4.79 Å². The minimum absolute atomic E-state index is 0.150. The molecule has 0 radical (unpaired) electrons. The Kier molecular flexibility index (Phi) is 2.56. The van der Waals surface area contributed by atoms with Crippen LogP contribution in [0.1, 0.15) is 20.3 Å². The molecule has 3 amide bonds. The molecule has 0 aromatic heterocycles. The maximum atomic E-state index is 10.9. The summed E-state index contributed by atoms with van der Waals surface area (Å²) in [5.74, 6) is -0.379. The van der Waals surface area contributed by atoms with Gasteiger partial charge in [0.25, 0.3) is 0 Å². The summed E-state index contributed by atoms with van der Waals surface area (Å²) in [6.45, 7) is 4.39. The smallest absolute Gasteiger partial charge is 0.318 e. The molecule has 1 unspecified atom stereocenters. The topological polar surface area (TPSA) is 84.2 Å². The van der Waals surface area contributed by atoms with Gasteiger partial charge in [-0.2, -0.15) is 0 Å². The molecule has 13 heavy (non-hydrogen) atoms. The average molecular weight is 185 g/mol. The minimum Gasteiger partial charge on any atom is -0.351 e. The number of urea groups is 1. The highest BCUT2D eigenvalue weighted by Crippen LogP contribution is 2.44. The van der Waals surface area contributed by atoms with Crippen LogP contribution >= 0.6 is 0 Å². The number of nitrogens with one attached hydrogen (secondary N) is 2. The number of amides is 3. The van der Waals surface area contributed by atoms with Crippen LogP contribution in [0.2, 0.25) is 0 Å². The number of imide groups is 1. The van der Waals surface area contributed by atoms with E-state index in [1.54, 1.807) is 0 Å². The summed E-state index contributed by atoms with van der Waals surface area (Å²) in [7, 11) is 0. The highest BCUT2D eigenvalue weighted by molar-refractivity contribution is 5.94. The first-order valence-electron chi connectivity index (χ1n) is 4.24. The van der Waals surface area contributed by atoms with Crippen molar-refractivity contribution in [3.8, 4) is 0 Å². The van der Waals surface area contributed by atoms with Crippen molar-refractivity contribution in [2.45, 2.75) is 26.3 Å². The summed E-state index contributed by atoms with van der Waals surface area (Å²) < 4.78 is 0. The number of hydrogen-bond acceptors (Lipinski definition) is 3. The largest absolute Gasteiger partial charge is 0.351 e. The third kappa shape index (κ3) is 3.02. The molecule has 1 aliphatic carbocycles. The molecule has 1 fully saturated rings. The number of carbonyl (C=O) groups is 2. The van der Waals surface area contributed by atoms with E-state index in [-0.39, 0.29) is 17.9 Å². The average Bonchev–Trinajstić information content (AvgIpc) is 2.53. The van der Waals surface area contributed by atoms with E-state index in [0.29, 0.717) is 6.04 Å². The highest BCUT2D eigenvalue weighted by atomic mass is 16.2. The van der Waals surface area contributed by atoms with Gasteiger partial charge in [0.1, 0.15) is 0 Å². The normalized spacial score (nSPS) is 23.7. The molecule has 0 aromatic carbocycles. The first-order valence-corrected chi connectivity index (χ1v) is 4.24. The van der Waals surface area contributed by atoms with E-state index in [1.807, 2.05) is 5.32 Å². The number of nitrogens with two attached hydrogens (primary N) is 1. The lowest BCUT2D eigenvalue weighted by Crippen LogP contribution is -2.41. The minimum atomic E-state index is -0.804. The van der Waals surface area contributed by atoms with Gasteiger partial charge in [0.15, 0.2) is 0 Å². The van der Waals surface area contributed by atoms with Gasteiger partial charge in [-0.1, -0.05) is 13.8 Å². The van der Waals surface area contributed by atoms with Gasteiger partial charge in [0.2, 0.25) is 5.91 Å². The zero-order valence-electron chi connectivity index (χ0n) is 7.89. The molecule has 1 rings (SSSR count). The maximum absolute atomic E-state index is 10.9. The lowest BCUT2D eigenvalue weighted by Gasteiger charge is -2.05. The molecule has 0 aliphatic heterocycles. The van der Waals surface area contributed by atoms with Crippen LogP contribution in [-0.4, -0.2) is 24.5 Å². The molecule has 1 saturated carbocycles.